The second kappa shape index (κ2) is 9.59. The highest BCUT2D eigenvalue weighted by Crippen LogP contribution is 2.43. The molecule has 1 aliphatic rings. The number of thiazole rings is 1. The highest BCUT2D eigenvalue weighted by atomic mass is 32.1. The lowest BCUT2D eigenvalue weighted by Gasteiger charge is -2.23. The number of hydrogen-bond acceptors (Lipinski definition) is 7. The SMILES string of the molecule is CC(=O)c1sc(N2C(=O)c3oc4ccc(F)cc4c(=O)c3C2c2cccc(OCc3ccccc3)c2)nc1C. The van der Waals surface area contributed by atoms with Crippen molar-refractivity contribution in [3.05, 3.63) is 122 Å². The van der Waals surface area contributed by atoms with E-state index in [0.717, 1.165) is 23.0 Å². The van der Waals surface area contributed by atoms with Gasteiger partial charge in [-0.25, -0.2) is 9.37 Å². The highest BCUT2D eigenvalue weighted by molar-refractivity contribution is 7.17. The Morgan fingerprint density at radius 2 is 1.87 bits per heavy atom. The van der Waals surface area contributed by atoms with Crippen LogP contribution >= 0.6 is 11.3 Å². The number of ketones is 1. The minimum absolute atomic E-state index is 0.0321. The maximum absolute atomic E-state index is 14.1. The summed E-state index contributed by atoms with van der Waals surface area (Å²) in [7, 11) is 0. The minimum atomic E-state index is -0.929. The molecule has 6 rings (SSSR count). The Hall–Kier alpha value is -4.63. The van der Waals surface area contributed by atoms with Crippen molar-refractivity contribution in [3.63, 3.8) is 0 Å². The van der Waals surface area contributed by atoms with Crippen LogP contribution in [0.25, 0.3) is 11.0 Å². The lowest BCUT2D eigenvalue weighted by molar-refractivity contribution is 0.0969. The van der Waals surface area contributed by atoms with Crippen LogP contribution in [0.1, 0.15) is 55.6 Å². The van der Waals surface area contributed by atoms with Crippen molar-refractivity contribution in [2.45, 2.75) is 26.5 Å². The third kappa shape index (κ3) is 4.30. The zero-order chi connectivity index (χ0) is 27.3. The number of benzene rings is 3. The summed E-state index contributed by atoms with van der Waals surface area (Å²) in [5.74, 6) is -0.947. The van der Waals surface area contributed by atoms with Crippen LogP contribution in [0.4, 0.5) is 9.52 Å². The van der Waals surface area contributed by atoms with Gasteiger partial charge in [0.25, 0.3) is 5.91 Å². The summed E-state index contributed by atoms with van der Waals surface area (Å²) in [6.07, 6.45) is 0. The second-order valence-electron chi connectivity index (χ2n) is 9.21. The molecule has 0 N–H and O–H groups in total. The topological polar surface area (TPSA) is 89.7 Å². The van der Waals surface area contributed by atoms with Crippen molar-refractivity contribution in [3.8, 4) is 5.75 Å². The van der Waals surface area contributed by atoms with Crippen molar-refractivity contribution in [2.75, 3.05) is 4.90 Å². The Morgan fingerprint density at radius 1 is 1.08 bits per heavy atom. The maximum Gasteiger partial charge on any atom is 0.297 e. The molecule has 3 heterocycles. The number of amides is 1. The first kappa shape index (κ1) is 24.7. The standard InChI is InChI=1S/C30H21FN2O5S/c1-16-28(17(2)34)39-30(32-16)33-25(19-9-6-10-21(13-19)37-15-18-7-4-3-5-8-18)24-26(35)22-14-20(31)11-12-23(22)38-27(24)29(33)36/h3-14,25H,15H2,1-2H3. The number of ether oxygens (including phenoxy) is 1. The van der Waals surface area contributed by atoms with Crippen molar-refractivity contribution in [2.24, 2.45) is 0 Å². The van der Waals surface area contributed by atoms with Gasteiger partial charge in [-0.3, -0.25) is 19.3 Å². The molecule has 1 aliphatic heterocycles. The van der Waals surface area contributed by atoms with Gasteiger partial charge in [0.05, 0.1) is 27.6 Å². The first-order valence-corrected chi connectivity index (χ1v) is 13.0. The van der Waals surface area contributed by atoms with Crippen LogP contribution in [0.2, 0.25) is 0 Å². The van der Waals surface area contributed by atoms with Gasteiger partial charge in [-0.2, -0.15) is 0 Å². The number of Topliss-reactive ketones (excluding diaryl/α,β-unsaturated/α-hetero) is 1. The fraction of sp³-hybridized carbons (Fsp3) is 0.133. The second-order valence-corrected chi connectivity index (χ2v) is 10.2. The van der Waals surface area contributed by atoms with E-state index in [2.05, 4.69) is 4.98 Å². The van der Waals surface area contributed by atoms with E-state index < -0.39 is 23.2 Å². The van der Waals surface area contributed by atoms with E-state index in [1.165, 1.54) is 24.0 Å². The molecule has 0 spiro atoms. The van der Waals surface area contributed by atoms with Crippen molar-refractivity contribution in [1.29, 1.82) is 0 Å². The first-order valence-electron chi connectivity index (χ1n) is 12.2. The van der Waals surface area contributed by atoms with Gasteiger partial charge in [0, 0.05) is 6.92 Å². The smallest absolute Gasteiger partial charge is 0.297 e. The van der Waals surface area contributed by atoms with Gasteiger partial charge in [0.1, 0.15) is 23.8 Å². The number of carbonyl (C=O) groups is 2. The molecule has 1 atom stereocenters. The number of halogens is 1. The molecule has 9 heteroatoms. The largest absolute Gasteiger partial charge is 0.489 e. The predicted octanol–water partition coefficient (Wildman–Crippen LogP) is 6.23. The molecule has 0 radical (unpaired) electrons. The molecule has 39 heavy (non-hydrogen) atoms. The predicted molar refractivity (Wildman–Crippen MR) is 145 cm³/mol. The lowest BCUT2D eigenvalue weighted by atomic mass is 9.98. The lowest BCUT2D eigenvalue weighted by Crippen LogP contribution is -2.29. The molecule has 0 aliphatic carbocycles. The number of aromatic nitrogens is 1. The number of carbonyl (C=O) groups excluding carboxylic acids is 2. The zero-order valence-corrected chi connectivity index (χ0v) is 21.8. The molecule has 3 aromatic carbocycles. The van der Waals surface area contributed by atoms with Crippen LogP contribution in [-0.2, 0) is 6.61 Å². The molecule has 0 saturated carbocycles. The Kier molecular flexibility index (Phi) is 6.07. The van der Waals surface area contributed by atoms with E-state index >= 15 is 0 Å². The van der Waals surface area contributed by atoms with Crippen LogP contribution in [0, 0.1) is 12.7 Å². The highest BCUT2D eigenvalue weighted by Gasteiger charge is 2.45. The Bertz CT molecular complexity index is 1830. The number of hydrogen-bond donors (Lipinski definition) is 0. The van der Waals surface area contributed by atoms with E-state index in [4.69, 9.17) is 9.15 Å². The van der Waals surface area contributed by atoms with Gasteiger partial charge in [0.2, 0.25) is 5.76 Å². The van der Waals surface area contributed by atoms with Crippen molar-refractivity contribution >= 4 is 39.1 Å². The Balaban J connectivity index is 1.51. The van der Waals surface area contributed by atoms with Crippen molar-refractivity contribution < 1.29 is 23.1 Å². The molecule has 0 fully saturated rings. The molecule has 5 aromatic rings. The van der Waals surface area contributed by atoms with Gasteiger partial charge in [-0.1, -0.05) is 53.8 Å². The summed E-state index contributed by atoms with van der Waals surface area (Å²) in [4.78, 5) is 46.0. The molecule has 0 saturated heterocycles. The summed E-state index contributed by atoms with van der Waals surface area (Å²) >= 11 is 1.07. The molecule has 1 amide bonds. The monoisotopic (exact) mass is 540 g/mol. The van der Waals surface area contributed by atoms with E-state index in [1.54, 1.807) is 31.2 Å². The Labute approximate surface area is 226 Å². The number of nitrogens with zero attached hydrogens (tertiary/aromatic N) is 2. The summed E-state index contributed by atoms with van der Waals surface area (Å²) in [5.41, 5.74) is 1.71. The van der Waals surface area contributed by atoms with Gasteiger partial charge < -0.3 is 9.15 Å². The first-order chi connectivity index (χ1) is 18.8. The van der Waals surface area contributed by atoms with Crippen molar-refractivity contribution in [1.82, 2.24) is 4.98 Å². The summed E-state index contributed by atoms with van der Waals surface area (Å²) in [5, 5.41) is 0.286. The van der Waals surface area contributed by atoms with Crippen LogP contribution in [-0.4, -0.2) is 16.7 Å². The molecule has 1 unspecified atom stereocenters. The third-order valence-corrected chi connectivity index (χ3v) is 7.82. The quantitative estimate of drug-likeness (QED) is 0.237. The fourth-order valence-corrected chi connectivity index (χ4v) is 5.77. The molecule has 2 aromatic heterocycles. The van der Waals surface area contributed by atoms with Crippen LogP contribution in [0.3, 0.4) is 0 Å². The molecular formula is C30H21FN2O5S. The fourth-order valence-electron chi connectivity index (χ4n) is 4.78. The van der Waals surface area contributed by atoms with Crippen LogP contribution in [0.15, 0.2) is 82.0 Å². The summed E-state index contributed by atoms with van der Waals surface area (Å²) in [6.45, 7) is 3.45. The van der Waals surface area contributed by atoms with E-state index in [1.807, 2.05) is 30.3 Å². The molecular weight excluding hydrogens is 519 g/mol. The van der Waals surface area contributed by atoms with E-state index in [9.17, 15) is 18.8 Å². The molecule has 194 valence electrons. The van der Waals surface area contributed by atoms with Crippen LogP contribution in [0.5, 0.6) is 5.75 Å². The number of anilines is 1. The average molecular weight is 541 g/mol. The van der Waals surface area contributed by atoms with E-state index in [0.29, 0.717) is 28.5 Å². The van der Waals surface area contributed by atoms with Gasteiger partial charge in [-0.05, 0) is 48.4 Å². The number of aryl methyl sites for hydroxylation is 1. The summed E-state index contributed by atoms with van der Waals surface area (Å²) in [6, 6.07) is 19.4. The molecule has 0 bridgehead atoms. The van der Waals surface area contributed by atoms with Gasteiger partial charge in [0.15, 0.2) is 16.3 Å². The minimum Gasteiger partial charge on any atom is -0.489 e. The number of fused-ring (bicyclic) bond motifs is 2. The normalized spacial score (nSPS) is 14.6. The number of rotatable bonds is 6. The Morgan fingerprint density at radius 3 is 2.62 bits per heavy atom. The van der Waals surface area contributed by atoms with E-state index in [-0.39, 0.29) is 33.2 Å². The molecule has 7 nitrogen and oxygen atoms in total. The zero-order valence-electron chi connectivity index (χ0n) is 20.9. The maximum atomic E-state index is 14.1. The van der Waals surface area contributed by atoms with Gasteiger partial charge in [-0.15, -0.1) is 0 Å². The summed E-state index contributed by atoms with van der Waals surface area (Å²) < 4.78 is 26.0. The third-order valence-electron chi connectivity index (χ3n) is 6.57. The van der Waals surface area contributed by atoms with Crippen LogP contribution < -0.4 is 15.1 Å². The van der Waals surface area contributed by atoms with Gasteiger partial charge >= 0.3 is 0 Å². The average Bonchev–Trinajstić information content (AvgIpc) is 3.46.